The van der Waals surface area contributed by atoms with Gasteiger partial charge in [0.15, 0.2) is 0 Å². The van der Waals surface area contributed by atoms with Crippen LogP contribution in [0.1, 0.15) is 31.5 Å². The summed E-state index contributed by atoms with van der Waals surface area (Å²) in [5.74, 6) is 0.491. The van der Waals surface area contributed by atoms with E-state index in [9.17, 15) is 0 Å². The largest absolute Gasteiger partial charge is 0.396 e. The van der Waals surface area contributed by atoms with E-state index in [1.54, 1.807) is 12.4 Å². The highest BCUT2D eigenvalue weighted by molar-refractivity contribution is 5.01. The number of aliphatic hydroxyl groups is 1. The topological polar surface area (TPSA) is 49.2 Å². The van der Waals surface area contributed by atoms with Crippen molar-refractivity contribution >= 4 is 0 Å². The number of rotatable bonds is 3. The van der Waals surface area contributed by atoms with E-state index in [2.05, 4.69) is 21.8 Å². The van der Waals surface area contributed by atoms with Gasteiger partial charge >= 0.3 is 0 Å². The third-order valence-corrected chi connectivity index (χ3v) is 3.47. The first-order valence-corrected chi connectivity index (χ1v) is 5.92. The maximum atomic E-state index is 9.09. The number of aliphatic hydroxyl groups excluding tert-OH is 1. The van der Waals surface area contributed by atoms with Crippen molar-refractivity contribution in [3.05, 3.63) is 24.3 Å². The van der Waals surface area contributed by atoms with Gasteiger partial charge in [-0.05, 0) is 38.8 Å². The standard InChI is InChI=1S/C12H19N3O/c1-10(12-8-13-4-5-14-12)15-6-2-11(9-16)3-7-15/h4-5,8,10-11,16H,2-3,6-7,9H2,1H3/t10-/m1/s1. The fraction of sp³-hybridized carbons (Fsp3) is 0.667. The first-order valence-electron chi connectivity index (χ1n) is 5.92. The van der Waals surface area contributed by atoms with Crippen molar-refractivity contribution in [1.82, 2.24) is 14.9 Å². The normalized spacial score (nSPS) is 20.9. The molecule has 4 heteroatoms. The van der Waals surface area contributed by atoms with Gasteiger partial charge in [0.25, 0.3) is 0 Å². The van der Waals surface area contributed by atoms with E-state index in [0.29, 0.717) is 18.6 Å². The zero-order valence-electron chi connectivity index (χ0n) is 9.71. The third kappa shape index (κ3) is 2.57. The number of aromatic nitrogens is 2. The zero-order chi connectivity index (χ0) is 11.4. The van der Waals surface area contributed by atoms with E-state index in [1.807, 2.05) is 6.20 Å². The summed E-state index contributed by atoms with van der Waals surface area (Å²) < 4.78 is 0. The van der Waals surface area contributed by atoms with Gasteiger partial charge in [0, 0.05) is 25.2 Å². The Morgan fingerprint density at radius 1 is 1.44 bits per heavy atom. The van der Waals surface area contributed by atoms with Crippen molar-refractivity contribution in [2.24, 2.45) is 5.92 Å². The number of hydrogen-bond acceptors (Lipinski definition) is 4. The summed E-state index contributed by atoms with van der Waals surface area (Å²) in [6.45, 7) is 4.59. The summed E-state index contributed by atoms with van der Waals surface area (Å²) in [6.07, 6.45) is 7.45. The molecule has 0 amide bonds. The van der Waals surface area contributed by atoms with Gasteiger partial charge < -0.3 is 5.11 Å². The Kier molecular flexibility index (Phi) is 3.85. The molecule has 2 rings (SSSR count). The highest BCUT2D eigenvalue weighted by Gasteiger charge is 2.23. The van der Waals surface area contributed by atoms with Crippen LogP contribution in [0.2, 0.25) is 0 Å². The molecule has 2 heterocycles. The summed E-state index contributed by atoms with van der Waals surface area (Å²) in [7, 11) is 0. The quantitative estimate of drug-likeness (QED) is 0.834. The lowest BCUT2D eigenvalue weighted by molar-refractivity contribution is 0.104. The molecule has 1 atom stereocenters. The maximum Gasteiger partial charge on any atom is 0.0755 e. The van der Waals surface area contributed by atoms with Crippen LogP contribution < -0.4 is 0 Å². The lowest BCUT2D eigenvalue weighted by Gasteiger charge is -2.35. The SMILES string of the molecule is C[C@H](c1cnccn1)N1CCC(CO)CC1. The minimum Gasteiger partial charge on any atom is -0.396 e. The van der Waals surface area contributed by atoms with E-state index in [-0.39, 0.29) is 0 Å². The molecule has 1 saturated heterocycles. The Labute approximate surface area is 96.3 Å². The molecule has 4 nitrogen and oxygen atoms in total. The lowest BCUT2D eigenvalue weighted by atomic mass is 9.96. The van der Waals surface area contributed by atoms with Crippen molar-refractivity contribution in [2.75, 3.05) is 19.7 Å². The number of hydrogen-bond donors (Lipinski definition) is 1. The fourth-order valence-corrected chi connectivity index (χ4v) is 2.24. The molecular weight excluding hydrogens is 202 g/mol. The molecule has 1 aliphatic heterocycles. The first kappa shape index (κ1) is 11.5. The van der Waals surface area contributed by atoms with E-state index < -0.39 is 0 Å². The fourth-order valence-electron chi connectivity index (χ4n) is 2.24. The van der Waals surface area contributed by atoms with Crippen LogP contribution in [0.25, 0.3) is 0 Å². The van der Waals surface area contributed by atoms with E-state index in [1.165, 1.54) is 0 Å². The van der Waals surface area contributed by atoms with Gasteiger partial charge in [-0.2, -0.15) is 0 Å². The van der Waals surface area contributed by atoms with Gasteiger partial charge in [-0.25, -0.2) is 0 Å². The Balaban J connectivity index is 1.94. The van der Waals surface area contributed by atoms with Crippen LogP contribution >= 0.6 is 0 Å². The highest BCUT2D eigenvalue weighted by atomic mass is 16.3. The molecule has 0 aromatic carbocycles. The molecule has 1 aromatic heterocycles. The lowest BCUT2D eigenvalue weighted by Crippen LogP contribution is -2.36. The Hall–Kier alpha value is -1.00. The van der Waals surface area contributed by atoms with Crippen molar-refractivity contribution in [3.63, 3.8) is 0 Å². The monoisotopic (exact) mass is 221 g/mol. The van der Waals surface area contributed by atoms with Gasteiger partial charge in [-0.3, -0.25) is 14.9 Å². The molecule has 0 spiro atoms. The van der Waals surface area contributed by atoms with Gasteiger partial charge in [0.2, 0.25) is 0 Å². The summed E-state index contributed by atoms with van der Waals surface area (Å²) in [6, 6.07) is 0.327. The van der Waals surface area contributed by atoms with Crippen molar-refractivity contribution < 1.29 is 5.11 Å². The van der Waals surface area contributed by atoms with Crippen LogP contribution in [0.15, 0.2) is 18.6 Å². The second-order valence-electron chi connectivity index (χ2n) is 4.47. The third-order valence-electron chi connectivity index (χ3n) is 3.47. The molecule has 1 aromatic rings. The molecule has 0 radical (unpaired) electrons. The molecule has 88 valence electrons. The summed E-state index contributed by atoms with van der Waals surface area (Å²) in [5.41, 5.74) is 1.03. The molecule has 1 N–H and O–H groups in total. The summed E-state index contributed by atoms with van der Waals surface area (Å²) in [4.78, 5) is 10.9. The molecule has 16 heavy (non-hydrogen) atoms. The molecule has 0 bridgehead atoms. The second kappa shape index (κ2) is 5.37. The zero-order valence-corrected chi connectivity index (χ0v) is 9.71. The minimum atomic E-state index is 0.327. The molecule has 0 aliphatic carbocycles. The Bertz CT molecular complexity index is 309. The molecule has 1 fully saturated rings. The van der Waals surface area contributed by atoms with E-state index in [0.717, 1.165) is 31.6 Å². The van der Waals surface area contributed by atoms with Gasteiger partial charge in [0.1, 0.15) is 0 Å². The molecular formula is C12H19N3O. The summed E-state index contributed by atoms with van der Waals surface area (Å²) in [5, 5.41) is 9.09. The van der Waals surface area contributed by atoms with Crippen LogP contribution in [-0.4, -0.2) is 39.7 Å². The van der Waals surface area contributed by atoms with Crippen LogP contribution in [0.4, 0.5) is 0 Å². The highest BCUT2D eigenvalue weighted by Crippen LogP contribution is 2.24. The van der Waals surface area contributed by atoms with Crippen molar-refractivity contribution in [1.29, 1.82) is 0 Å². The van der Waals surface area contributed by atoms with Crippen LogP contribution in [0.5, 0.6) is 0 Å². The maximum absolute atomic E-state index is 9.09. The van der Waals surface area contributed by atoms with Crippen LogP contribution in [0, 0.1) is 5.92 Å². The van der Waals surface area contributed by atoms with E-state index in [4.69, 9.17) is 5.11 Å². The average Bonchev–Trinajstić information content (AvgIpc) is 2.39. The minimum absolute atomic E-state index is 0.327. The predicted molar refractivity (Wildman–Crippen MR) is 61.8 cm³/mol. The van der Waals surface area contributed by atoms with Gasteiger partial charge in [-0.15, -0.1) is 0 Å². The van der Waals surface area contributed by atoms with Gasteiger partial charge in [0.05, 0.1) is 11.7 Å². The predicted octanol–water partition coefficient (Wildman–Crippen LogP) is 1.24. The second-order valence-corrected chi connectivity index (χ2v) is 4.47. The average molecular weight is 221 g/mol. The Morgan fingerprint density at radius 3 is 2.75 bits per heavy atom. The van der Waals surface area contributed by atoms with Crippen LogP contribution in [0.3, 0.4) is 0 Å². The van der Waals surface area contributed by atoms with Gasteiger partial charge in [-0.1, -0.05) is 0 Å². The number of piperidine rings is 1. The first-order chi connectivity index (χ1) is 7.81. The molecule has 0 saturated carbocycles. The van der Waals surface area contributed by atoms with Crippen LogP contribution in [-0.2, 0) is 0 Å². The van der Waals surface area contributed by atoms with E-state index >= 15 is 0 Å². The van der Waals surface area contributed by atoms with Crippen molar-refractivity contribution in [3.8, 4) is 0 Å². The molecule has 1 aliphatic rings. The molecule has 0 unspecified atom stereocenters. The number of likely N-dealkylation sites (tertiary alicyclic amines) is 1. The Morgan fingerprint density at radius 2 is 2.19 bits per heavy atom. The smallest absolute Gasteiger partial charge is 0.0755 e. The summed E-state index contributed by atoms with van der Waals surface area (Å²) >= 11 is 0. The number of nitrogens with zero attached hydrogens (tertiary/aromatic N) is 3. The van der Waals surface area contributed by atoms with Crippen molar-refractivity contribution in [2.45, 2.75) is 25.8 Å².